The molecule has 0 fully saturated rings. The summed E-state index contributed by atoms with van der Waals surface area (Å²) in [4.78, 5) is 2.26. The molecule has 0 N–H and O–H groups in total. The molecule has 4 nitrogen and oxygen atoms in total. The fraction of sp³-hybridized carbons (Fsp3) is 0.238. The summed E-state index contributed by atoms with van der Waals surface area (Å²) < 4.78 is 20.2. The summed E-state index contributed by atoms with van der Waals surface area (Å²) in [6.45, 7) is 1.71. The SMILES string of the molecule is CN1CCC(c2ccccc2F)c2ccc(Oc3cccnn3)cc2C1. The number of benzene rings is 2. The van der Waals surface area contributed by atoms with E-state index in [1.807, 2.05) is 24.3 Å². The number of nitrogens with zero attached hydrogens (tertiary/aromatic N) is 3. The molecule has 26 heavy (non-hydrogen) atoms. The third-order valence-corrected chi connectivity index (χ3v) is 4.78. The molecule has 4 rings (SSSR count). The molecule has 3 aromatic rings. The average Bonchev–Trinajstić information content (AvgIpc) is 2.81. The number of rotatable bonds is 3. The first-order valence-corrected chi connectivity index (χ1v) is 8.72. The van der Waals surface area contributed by atoms with Crippen molar-refractivity contribution in [1.29, 1.82) is 0 Å². The first-order chi connectivity index (χ1) is 12.7. The molecule has 1 aliphatic rings. The van der Waals surface area contributed by atoms with Gasteiger partial charge in [0.25, 0.3) is 0 Å². The number of aromatic nitrogens is 2. The first-order valence-electron chi connectivity index (χ1n) is 8.72. The van der Waals surface area contributed by atoms with Gasteiger partial charge in [0.1, 0.15) is 11.6 Å². The van der Waals surface area contributed by atoms with Crippen LogP contribution in [-0.4, -0.2) is 28.7 Å². The molecule has 0 saturated heterocycles. The molecule has 132 valence electrons. The van der Waals surface area contributed by atoms with Crippen LogP contribution in [0.3, 0.4) is 0 Å². The van der Waals surface area contributed by atoms with E-state index in [1.54, 1.807) is 24.4 Å². The van der Waals surface area contributed by atoms with E-state index in [1.165, 1.54) is 6.07 Å². The zero-order valence-electron chi connectivity index (χ0n) is 14.6. The van der Waals surface area contributed by atoms with E-state index >= 15 is 0 Å². The quantitative estimate of drug-likeness (QED) is 0.703. The molecule has 0 spiro atoms. The Morgan fingerprint density at radius 2 is 1.96 bits per heavy atom. The zero-order valence-corrected chi connectivity index (χ0v) is 14.6. The van der Waals surface area contributed by atoms with Crippen LogP contribution >= 0.6 is 0 Å². The van der Waals surface area contributed by atoms with Crippen molar-refractivity contribution < 1.29 is 9.13 Å². The maximum absolute atomic E-state index is 14.4. The Kier molecular flexibility index (Phi) is 4.63. The minimum atomic E-state index is -0.145. The molecule has 0 aliphatic carbocycles. The van der Waals surface area contributed by atoms with Crippen LogP contribution in [0.4, 0.5) is 4.39 Å². The van der Waals surface area contributed by atoms with Crippen molar-refractivity contribution in [2.45, 2.75) is 18.9 Å². The summed E-state index contributed by atoms with van der Waals surface area (Å²) in [7, 11) is 2.09. The molecule has 1 aliphatic heterocycles. The van der Waals surface area contributed by atoms with Crippen LogP contribution in [0.5, 0.6) is 11.6 Å². The standard InChI is InChI=1S/C21H20FN3O/c1-25-12-10-18(19-5-2-3-6-20(19)22)17-9-8-16(13-15(17)14-25)26-21-7-4-11-23-24-21/h2-9,11,13,18H,10,12,14H2,1H3. The minimum Gasteiger partial charge on any atom is -0.438 e. The molecule has 1 atom stereocenters. The van der Waals surface area contributed by atoms with E-state index in [-0.39, 0.29) is 11.7 Å². The van der Waals surface area contributed by atoms with Crippen molar-refractivity contribution in [1.82, 2.24) is 15.1 Å². The van der Waals surface area contributed by atoms with Gasteiger partial charge in [0, 0.05) is 24.7 Å². The van der Waals surface area contributed by atoms with Gasteiger partial charge < -0.3 is 9.64 Å². The van der Waals surface area contributed by atoms with E-state index < -0.39 is 0 Å². The third kappa shape index (κ3) is 3.44. The molecule has 2 heterocycles. The molecule has 0 saturated carbocycles. The van der Waals surface area contributed by atoms with Gasteiger partial charge in [-0.1, -0.05) is 24.3 Å². The lowest BCUT2D eigenvalue weighted by Crippen LogP contribution is -2.17. The molecule has 0 radical (unpaired) electrons. The molecule has 5 heteroatoms. The van der Waals surface area contributed by atoms with E-state index in [9.17, 15) is 4.39 Å². The highest BCUT2D eigenvalue weighted by Crippen LogP contribution is 2.37. The zero-order chi connectivity index (χ0) is 17.9. The summed E-state index contributed by atoms with van der Waals surface area (Å²) in [6, 6.07) is 16.6. The highest BCUT2D eigenvalue weighted by Gasteiger charge is 2.24. The summed E-state index contributed by atoms with van der Waals surface area (Å²) in [5, 5.41) is 7.79. The Morgan fingerprint density at radius 1 is 1.08 bits per heavy atom. The first kappa shape index (κ1) is 16.7. The van der Waals surface area contributed by atoms with Gasteiger partial charge in [-0.25, -0.2) is 4.39 Å². The van der Waals surface area contributed by atoms with Gasteiger partial charge in [-0.05, 0) is 61.0 Å². The lowest BCUT2D eigenvalue weighted by molar-refractivity contribution is 0.327. The topological polar surface area (TPSA) is 38.2 Å². The minimum absolute atomic E-state index is 0.0433. The number of halogens is 1. The van der Waals surface area contributed by atoms with E-state index in [0.29, 0.717) is 11.6 Å². The van der Waals surface area contributed by atoms with Crippen LogP contribution in [0.25, 0.3) is 0 Å². The maximum atomic E-state index is 14.4. The van der Waals surface area contributed by atoms with Gasteiger partial charge in [0.15, 0.2) is 0 Å². The summed E-state index contributed by atoms with van der Waals surface area (Å²) >= 11 is 0. The Hall–Kier alpha value is -2.79. The highest BCUT2D eigenvalue weighted by atomic mass is 19.1. The van der Waals surface area contributed by atoms with Crippen LogP contribution in [0.2, 0.25) is 0 Å². The molecular formula is C21H20FN3O. The average molecular weight is 349 g/mol. The Labute approximate surface area is 152 Å². The van der Waals surface area contributed by atoms with E-state index in [0.717, 1.165) is 36.2 Å². The molecule has 1 unspecified atom stereocenters. The fourth-order valence-corrected chi connectivity index (χ4v) is 3.54. The predicted molar refractivity (Wildman–Crippen MR) is 97.7 cm³/mol. The maximum Gasteiger partial charge on any atom is 0.238 e. The molecular weight excluding hydrogens is 329 g/mol. The van der Waals surface area contributed by atoms with E-state index in [4.69, 9.17) is 4.74 Å². The van der Waals surface area contributed by atoms with Gasteiger partial charge >= 0.3 is 0 Å². The van der Waals surface area contributed by atoms with Crippen LogP contribution in [-0.2, 0) is 6.54 Å². The second kappa shape index (κ2) is 7.22. The van der Waals surface area contributed by atoms with Crippen molar-refractivity contribution in [3.63, 3.8) is 0 Å². The second-order valence-electron chi connectivity index (χ2n) is 6.63. The number of ether oxygens (including phenoxy) is 1. The Bertz CT molecular complexity index is 901. The lowest BCUT2D eigenvalue weighted by Gasteiger charge is -2.19. The van der Waals surface area contributed by atoms with Crippen molar-refractivity contribution >= 4 is 0 Å². The van der Waals surface area contributed by atoms with Crippen molar-refractivity contribution in [2.75, 3.05) is 13.6 Å². The Balaban J connectivity index is 1.71. The number of fused-ring (bicyclic) bond motifs is 1. The largest absolute Gasteiger partial charge is 0.438 e. The lowest BCUT2D eigenvalue weighted by atomic mass is 9.86. The van der Waals surface area contributed by atoms with Crippen LogP contribution in [0.15, 0.2) is 60.8 Å². The van der Waals surface area contributed by atoms with Crippen LogP contribution in [0, 0.1) is 5.82 Å². The van der Waals surface area contributed by atoms with Gasteiger partial charge in [-0.15, -0.1) is 5.10 Å². The molecule has 0 bridgehead atoms. The van der Waals surface area contributed by atoms with Crippen LogP contribution in [0.1, 0.15) is 29.0 Å². The fourth-order valence-electron chi connectivity index (χ4n) is 3.54. The van der Waals surface area contributed by atoms with Crippen LogP contribution < -0.4 is 4.74 Å². The predicted octanol–water partition coefficient (Wildman–Crippen LogP) is 4.38. The van der Waals surface area contributed by atoms with Crippen molar-refractivity contribution in [2.24, 2.45) is 0 Å². The molecule has 1 aromatic heterocycles. The Morgan fingerprint density at radius 3 is 2.77 bits per heavy atom. The van der Waals surface area contributed by atoms with Crippen molar-refractivity contribution in [3.05, 3.63) is 83.3 Å². The second-order valence-corrected chi connectivity index (χ2v) is 6.63. The number of hydrogen-bond donors (Lipinski definition) is 0. The summed E-state index contributed by atoms with van der Waals surface area (Å²) in [6.07, 6.45) is 2.49. The molecule has 0 amide bonds. The normalized spacial score (nSPS) is 17.4. The van der Waals surface area contributed by atoms with Gasteiger partial charge in [0.2, 0.25) is 5.88 Å². The monoisotopic (exact) mass is 349 g/mol. The van der Waals surface area contributed by atoms with Gasteiger partial charge in [0.05, 0.1) is 0 Å². The van der Waals surface area contributed by atoms with Gasteiger partial charge in [-0.2, -0.15) is 5.10 Å². The van der Waals surface area contributed by atoms with E-state index in [2.05, 4.69) is 28.2 Å². The smallest absolute Gasteiger partial charge is 0.238 e. The highest BCUT2D eigenvalue weighted by molar-refractivity contribution is 5.44. The summed E-state index contributed by atoms with van der Waals surface area (Å²) in [5.41, 5.74) is 3.07. The number of hydrogen-bond acceptors (Lipinski definition) is 4. The van der Waals surface area contributed by atoms with Gasteiger partial charge in [-0.3, -0.25) is 0 Å². The third-order valence-electron chi connectivity index (χ3n) is 4.78. The molecule has 2 aromatic carbocycles. The summed E-state index contributed by atoms with van der Waals surface area (Å²) in [5.74, 6) is 1.07. The van der Waals surface area contributed by atoms with Crippen molar-refractivity contribution in [3.8, 4) is 11.6 Å².